The van der Waals surface area contributed by atoms with E-state index in [-0.39, 0.29) is 6.03 Å². The fraction of sp³-hybridized carbons (Fsp3) is 0.316. The largest absolute Gasteiger partial charge is 0.497 e. The van der Waals surface area contributed by atoms with Gasteiger partial charge in [0, 0.05) is 31.9 Å². The number of rotatable bonds is 4. The Kier molecular flexibility index (Phi) is 5.28. The molecule has 0 radical (unpaired) electrons. The maximum absolute atomic E-state index is 12.5. The maximum Gasteiger partial charge on any atom is 0.322 e. The Morgan fingerprint density at radius 3 is 2.24 bits per heavy atom. The minimum Gasteiger partial charge on any atom is -0.497 e. The predicted molar refractivity (Wildman–Crippen MR) is 98.8 cm³/mol. The normalized spacial score (nSPS) is 14.2. The van der Waals surface area contributed by atoms with Crippen LogP contribution in [0.4, 0.5) is 16.2 Å². The zero-order chi connectivity index (χ0) is 17.6. The molecule has 1 aliphatic heterocycles. The fourth-order valence-electron chi connectivity index (χ4n) is 2.90. The number of nitrogens with one attached hydrogen (secondary N) is 1. The topological polar surface area (TPSA) is 54.0 Å². The van der Waals surface area contributed by atoms with Crippen LogP contribution in [0.25, 0.3) is 0 Å². The Bertz CT molecular complexity index is 710. The van der Waals surface area contributed by atoms with Crippen molar-refractivity contribution < 1.29 is 14.3 Å². The maximum atomic E-state index is 12.5. The molecule has 0 atom stereocenters. The third kappa shape index (κ3) is 3.96. The fourth-order valence-corrected chi connectivity index (χ4v) is 2.90. The van der Waals surface area contributed by atoms with Gasteiger partial charge in [0.1, 0.15) is 11.5 Å². The van der Waals surface area contributed by atoms with Crippen molar-refractivity contribution in [2.45, 2.75) is 0 Å². The molecule has 132 valence electrons. The third-order valence-electron chi connectivity index (χ3n) is 4.35. The summed E-state index contributed by atoms with van der Waals surface area (Å²) in [5.74, 6) is 1.51. The second kappa shape index (κ2) is 7.79. The monoisotopic (exact) mass is 341 g/mol. The molecule has 1 fully saturated rings. The second-order valence-electron chi connectivity index (χ2n) is 5.80. The van der Waals surface area contributed by atoms with Gasteiger partial charge in [-0.1, -0.05) is 12.1 Å². The van der Waals surface area contributed by atoms with Crippen molar-refractivity contribution in [3.63, 3.8) is 0 Å². The Balaban J connectivity index is 1.57. The van der Waals surface area contributed by atoms with Gasteiger partial charge in [0.2, 0.25) is 0 Å². The smallest absolute Gasteiger partial charge is 0.322 e. The first kappa shape index (κ1) is 17.0. The van der Waals surface area contributed by atoms with Gasteiger partial charge in [-0.15, -0.1) is 0 Å². The molecule has 3 rings (SSSR count). The zero-order valence-electron chi connectivity index (χ0n) is 14.6. The number of ether oxygens (including phenoxy) is 2. The number of nitrogens with zero attached hydrogens (tertiary/aromatic N) is 2. The lowest BCUT2D eigenvalue weighted by Crippen LogP contribution is -2.50. The minimum atomic E-state index is -0.0983. The molecular formula is C19H23N3O3. The SMILES string of the molecule is COc1ccc(N2CCN(C(=O)Nc3ccccc3OC)CC2)cc1. The van der Waals surface area contributed by atoms with E-state index in [4.69, 9.17) is 9.47 Å². The molecule has 1 N–H and O–H groups in total. The molecule has 1 aliphatic rings. The highest BCUT2D eigenvalue weighted by Gasteiger charge is 2.22. The van der Waals surface area contributed by atoms with E-state index in [1.165, 1.54) is 0 Å². The van der Waals surface area contributed by atoms with Crippen LogP contribution in [-0.4, -0.2) is 51.3 Å². The quantitative estimate of drug-likeness (QED) is 0.929. The highest BCUT2D eigenvalue weighted by molar-refractivity contribution is 5.91. The number of carbonyl (C=O) groups excluding carboxylic acids is 1. The van der Waals surface area contributed by atoms with Gasteiger partial charge >= 0.3 is 6.03 Å². The minimum absolute atomic E-state index is 0.0983. The molecule has 2 amide bonds. The van der Waals surface area contributed by atoms with E-state index in [0.29, 0.717) is 24.5 Å². The number of hydrogen-bond acceptors (Lipinski definition) is 4. The molecule has 0 spiro atoms. The molecular weight excluding hydrogens is 318 g/mol. The van der Waals surface area contributed by atoms with Gasteiger partial charge in [0.05, 0.1) is 19.9 Å². The molecule has 0 aliphatic carbocycles. The van der Waals surface area contributed by atoms with Crippen LogP contribution in [0.15, 0.2) is 48.5 Å². The lowest BCUT2D eigenvalue weighted by molar-refractivity contribution is 0.208. The van der Waals surface area contributed by atoms with Crippen LogP contribution in [-0.2, 0) is 0 Å². The number of piperazine rings is 1. The molecule has 0 unspecified atom stereocenters. The Morgan fingerprint density at radius 2 is 1.60 bits per heavy atom. The number of amides is 2. The number of methoxy groups -OCH3 is 2. The van der Waals surface area contributed by atoms with Gasteiger partial charge in [0.25, 0.3) is 0 Å². The first-order chi connectivity index (χ1) is 12.2. The molecule has 0 saturated carbocycles. The van der Waals surface area contributed by atoms with Crippen LogP contribution in [0.1, 0.15) is 0 Å². The average Bonchev–Trinajstić information content (AvgIpc) is 2.68. The van der Waals surface area contributed by atoms with Crippen molar-refractivity contribution >= 4 is 17.4 Å². The Hall–Kier alpha value is -2.89. The van der Waals surface area contributed by atoms with Crippen LogP contribution < -0.4 is 19.7 Å². The lowest BCUT2D eigenvalue weighted by Gasteiger charge is -2.36. The van der Waals surface area contributed by atoms with Crippen molar-refractivity contribution in [2.75, 3.05) is 50.6 Å². The lowest BCUT2D eigenvalue weighted by atomic mass is 10.2. The first-order valence-corrected chi connectivity index (χ1v) is 8.29. The van der Waals surface area contributed by atoms with Crippen LogP contribution in [0.5, 0.6) is 11.5 Å². The molecule has 6 nitrogen and oxygen atoms in total. The van der Waals surface area contributed by atoms with Crippen LogP contribution in [0.3, 0.4) is 0 Å². The predicted octanol–water partition coefficient (Wildman–Crippen LogP) is 3.06. The summed E-state index contributed by atoms with van der Waals surface area (Å²) >= 11 is 0. The molecule has 2 aromatic carbocycles. The van der Waals surface area contributed by atoms with E-state index in [2.05, 4.69) is 10.2 Å². The van der Waals surface area contributed by atoms with Gasteiger partial charge in [-0.2, -0.15) is 0 Å². The highest BCUT2D eigenvalue weighted by atomic mass is 16.5. The van der Waals surface area contributed by atoms with E-state index >= 15 is 0 Å². The summed E-state index contributed by atoms with van der Waals surface area (Å²) in [6, 6.07) is 15.3. The molecule has 1 heterocycles. The molecule has 0 aromatic heterocycles. The molecule has 25 heavy (non-hydrogen) atoms. The van der Waals surface area contributed by atoms with E-state index in [0.717, 1.165) is 24.5 Å². The number of urea groups is 1. The van der Waals surface area contributed by atoms with Gasteiger partial charge in [-0.3, -0.25) is 0 Å². The zero-order valence-corrected chi connectivity index (χ0v) is 14.6. The molecule has 6 heteroatoms. The molecule has 1 saturated heterocycles. The van der Waals surface area contributed by atoms with Crippen molar-refractivity contribution in [3.05, 3.63) is 48.5 Å². The summed E-state index contributed by atoms with van der Waals surface area (Å²) in [6.45, 7) is 2.94. The number of carbonyl (C=O) groups is 1. The standard InChI is InChI=1S/C19H23N3O3/c1-24-16-9-7-15(8-10-16)21-11-13-22(14-12-21)19(23)20-17-5-3-4-6-18(17)25-2/h3-10H,11-14H2,1-2H3,(H,20,23). The number of hydrogen-bond donors (Lipinski definition) is 1. The average molecular weight is 341 g/mol. The third-order valence-corrected chi connectivity index (χ3v) is 4.35. The summed E-state index contributed by atoms with van der Waals surface area (Å²) < 4.78 is 10.5. The first-order valence-electron chi connectivity index (χ1n) is 8.29. The summed E-state index contributed by atoms with van der Waals surface area (Å²) in [5, 5.41) is 2.93. The summed E-state index contributed by atoms with van der Waals surface area (Å²) in [4.78, 5) is 16.6. The van der Waals surface area contributed by atoms with E-state index < -0.39 is 0 Å². The summed E-state index contributed by atoms with van der Waals surface area (Å²) in [7, 11) is 3.26. The number of para-hydroxylation sites is 2. The van der Waals surface area contributed by atoms with Crippen LogP contribution in [0.2, 0.25) is 0 Å². The van der Waals surface area contributed by atoms with Crippen molar-refractivity contribution in [1.82, 2.24) is 4.90 Å². The summed E-state index contributed by atoms with van der Waals surface area (Å²) in [5.41, 5.74) is 1.83. The molecule has 0 bridgehead atoms. The van der Waals surface area contributed by atoms with E-state index in [9.17, 15) is 4.79 Å². The van der Waals surface area contributed by atoms with E-state index in [1.807, 2.05) is 53.4 Å². The molecule has 2 aromatic rings. The van der Waals surface area contributed by atoms with Gasteiger partial charge in [-0.05, 0) is 36.4 Å². The van der Waals surface area contributed by atoms with Crippen LogP contribution >= 0.6 is 0 Å². The number of benzene rings is 2. The van der Waals surface area contributed by atoms with E-state index in [1.54, 1.807) is 14.2 Å². The second-order valence-corrected chi connectivity index (χ2v) is 5.80. The van der Waals surface area contributed by atoms with Gasteiger partial charge < -0.3 is 24.6 Å². The van der Waals surface area contributed by atoms with Crippen LogP contribution in [0, 0.1) is 0 Å². The Morgan fingerprint density at radius 1 is 0.920 bits per heavy atom. The van der Waals surface area contributed by atoms with Crippen molar-refractivity contribution in [3.8, 4) is 11.5 Å². The number of anilines is 2. The van der Waals surface area contributed by atoms with Gasteiger partial charge in [0.15, 0.2) is 0 Å². The highest BCUT2D eigenvalue weighted by Crippen LogP contribution is 2.24. The van der Waals surface area contributed by atoms with Crippen molar-refractivity contribution in [2.24, 2.45) is 0 Å². The summed E-state index contributed by atoms with van der Waals surface area (Å²) in [6.07, 6.45) is 0. The Labute approximate surface area is 147 Å². The van der Waals surface area contributed by atoms with Gasteiger partial charge in [-0.25, -0.2) is 4.79 Å². The van der Waals surface area contributed by atoms with Crippen molar-refractivity contribution in [1.29, 1.82) is 0 Å².